The molecule has 1 unspecified atom stereocenters. The molecule has 1 aliphatic carbocycles. The van der Waals surface area contributed by atoms with Crippen LogP contribution < -0.4 is 29.1 Å². The maximum Gasteiger partial charge on any atom is 0.243 e. The number of hydrogen-bond acceptors (Lipinski definition) is 11. The number of carbonyl (C=O) groups excluding carboxylic acids is 1. The summed E-state index contributed by atoms with van der Waals surface area (Å²) < 4.78 is 28.3. The lowest BCUT2D eigenvalue weighted by Crippen LogP contribution is -2.59. The van der Waals surface area contributed by atoms with Gasteiger partial charge in [-0.2, -0.15) is 10.2 Å². The van der Waals surface area contributed by atoms with Gasteiger partial charge in [0.25, 0.3) is 0 Å². The summed E-state index contributed by atoms with van der Waals surface area (Å²) in [7, 11) is 4.57. The molecule has 1 fully saturated rings. The molecule has 0 spiro atoms. The Labute approximate surface area is 251 Å². The molecule has 2 aromatic rings. The summed E-state index contributed by atoms with van der Waals surface area (Å²) in [6.45, 7) is 7.23. The molecule has 1 amide bonds. The molecule has 12 nitrogen and oxygen atoms in total. The number of benzene rings is 2. The van der Waals surface area contributed by atoms with Crippen molar-refractivity contribution in [3.8, 4) is 39.9 Å². The van der Waals surface area contributed by atoms with Crippen LogP contribution in [0.4, 0.5) is 0 Å². The lowest BCUT2D eigenvalue weighted by atomic mass is 9.71. The van der Waals surface area contributed by atoms with Crippen molar-refractivity contribution in [2.75, 3.05) is 34.7 Å². The average Bonchev–Trinajstić information content (AvgIpc) is 3.44. The van der Waals surface area contributed by atoms with Crippen LogP contribution in [0.3, 0.4) is 0 Å². The van der Waals surface area contributed by atoms with Gasteiger partial charge in [0.2, 0.25) is 18.4 Å². The fourth-order valence-electron chi connectivity index (χ4n) is 6.78. The number of aliphatic hydroxyl groups is 2. The highest BCUT2D eigenvalue weighted by molar-refractivity contribution is 5.90. The highest BCUT2D eigenvalue weighted by Crippen LogP contribution is 2.53. The van der Waals surface area contributed by atoms with E-state index >= 15 is 0 Å². The van der Waals surface area contributed by atoms with Gasteiger partial charge in [-0.25, -0.2) is 5.43 Å². The van der Waals surface area contributed by atoms with Crippen LogP contribution in [-0.4, -0.2) is 77.9 Å². The summed E-state index contributed by atoms with van der Waals surface area (Å²) in [4.78, 5) is 13.7. The number of hydrazone groups is 1. The zero-order chi connectivity index (χ0) is 31.3. The molecule has 12 heteroatoms. The Balaban J connectivity index is 1.55. The Kier molecular flexibility index (Phi) is 8.25. The Bertz CT molecular complexity index is 1390. The number of hydrogen-bond donors (Lipinski definition) is 4. The minimum atomic E-state index is -1.16. The van der Waals surface area contributed by atoms with E-state index in [2.05, 4.69) is 10.5 Å². The van der Waals surface area contributed by atoms with Crippen LogP contribution >= 0.6 is 0 Å². The van der Waals surface area contributed by atoms with Gasteiger partial charge in [0.05, 0.1) is 33.4 Å². The molecular weight excluding hydrogens is 558 g/mol. The monoisotopic (exact) mass is 599 g/mol. The van der Waals surface area contributed by atoms with E-state index in [1.165, 1.54) is 26.4 Å². The Morgan fingerprint density at radius 2 is 1.67 bits per heavy atom. The van der Waals surface area contributed by atoms with Crippen LogP contribution in [0.25, 0.3) is 11.1 Å². The van der Waals surface area contributed by atoms with E-state index in [0.717, 1.165) is 5.71 Å². The summed E-state index contributed by atoms with van der Waals surface area (Å²) >= 11 is 0. The van der Waals surface area contributed by atoms with Gasteiger partial charge >= 0.3 is 0 Å². The molecule has 0 radical (unpaired) electrons. The van der Waals surface area contributed by atoms with Crippen molar-refractivity contribution in [3.05, 3.63) is 29.3 Å². The standard InChI is InChI=1S/C31H41N3O9/c1-30(2)12-17(13-31(3,4)34(30)38)32-33-29(37)20-10-18-19(26(36)21(20)14-35)11-24-28(43-15-42-24)25(18)16-8-22(39-5)27(41-7)23(9-16)40-6/h8-9,11,20-21,26,35-36,38H,10,12-15H2,1-7H3,(H,33,37)/t20-,21?,26+/m1/s1. The third kappa shape index (κ3) is 5.37. The van der Waals surface area contributed by atoms with Crippen molar-refractivity contribution < 1.29 is 43.9 Å². The molecule has 234 valence electrons. The van der Waals surface area contributed by atoms with Crippen LogP contribution in [0, 0.1) is 11.8 Å². The predicted molar refractivity (Wildman–Crippen MR) is 157 cm³/mol. The molecule has 3 aliphatic rings. The molecule has 3 atom stereocenters. The van der Waals surface area contributed by atoms with Crippen molar-refractivity contribution in [1.29, 1.82) is 0 Å². The molecule has 0 saturated carbocycles. The number of nitrogens with zero attached hydrogens (tertiary/aromatic N) is 2. The highest BCUT2D eigenvalue weighted by atomic mass is 16.7. The number of ether oxygens (including phenoxy) is 5. The Morgan fingerprint density at radius 1 is 1.05 bits per heavy atom. The van der Waals surface area contributed by atoms with Gasteiger partial charge in [0, 0.05) is 47.7 Å². The third-order valence-electron chi connectivity index (χ3n) is 8.72. The van der Waals surface area contributed by atoms with Crippen molar-refractivity contribution in [3.63, 3.8) is 0 Å². The zero-order valence-electron chi connectivity index (χ0n) is 25.7. The van der Waals surface area contributed by atoms with E-state index in [1.54, 1.807) is 18.2 Å². The molecular formula is C31H41N3O9. The molecule has 2 aliphatic heterocycles. The minimum Gasteiger partial charge on any atom is -0.493 e. The molecule has 43 heavy (non-hydrogen) atoms. The van der Waals surface area contributed by atoms with E-state index in [9.17, 15) is 20.2 Å². The number of nitrogens with one attached hydrogen (secondary N) is 1. The fraction of sp³-hybridized carbons (Fsp3) is 0.548. The Hall–Kier alpha value is -3.58. The van der Waals surface area contributed by atoms with Crippen molar-refractivity contribution in [2.45, 2.75) is 64.1 Å². The number of piperidine rings is 1. The van der Waals surface area contributed by atoms with Gasteiger partial charge in [0.1, 0.15) is 0 Å². The smallest absolute Gasteiger partial charge is 0.243 e. The number of rotatable bonds is 7. The van der Waals surface area contributed by atoms with Crippen LogP contribution in [0.15, 0.2) is 23.3 Å². The topological polar surface area (TPSA) is 152 Å². The van der Waals surface area contributed by atoms with Crippen LogP contribution in [0.5, 0.6) is 28.7 Å². The number of carbonyl (C=O) groups is 1. The number of methoxy groups -OCH3 is 3. The molecule has 5 rings (SSSR count). The molecule has 1 saturated heterocycles. The van der Waals surface area contributed by atoms with Gasteiger partial charge in [-0.05, 0) is 69.0 Å². The normalized spacial score (nSPS) is 23.8. The second-order valence-electron chi connectivity index (χ2n) is 12.5. The van der Waals surface area contributed by atoms with E-state index in [-0.39, 0.29) is 13.2 Å². The summed E-state index contributed by atoms with van der Waals surface area (Å²) in [5.41, 5.74) is 4.81. The summed E-state index contributed by atoms with van der Waals surface area (Å²) in [5.74, 6) is 0.183. The Morgan fingerprint density at radius 3 is 2.23 bits per heavy atom. The number of fused-ring (bicyclic) bond motifs is 2. The first kappa shape index (κ1) is 30.9. The highest BCUT2D eigenvalue weighted by Gasteiger charge is 2.45. The average molecular weight is 600 g/mol. The second-order valence-corrected chi connectivity index (χ2v) is 12.5. The van der Waals surface area contributed by atoms with E-state index in [1.807, 2.05) is 27.7 Å². The first-order valence-corrected chi connectivity index (χ1v) is 14.3. The number of hydroxylamine groups is 2. The maximum absolute atomic E-state index is 13.7. The molecule has 2 heterocycles. The van der Waals surface area contributed by atoms with Crippen molar-refractivity contribution >= 4 is 11.6 Å². The maximum atomic E-state index is 13.7. The number of amides is 1. The van der Waals surface area contributed by atoms with Gasteiger partial charge in [0.15, 0.2) is 23.0 Å². The molecule has 4 N–H and O–H groups in total. The zero-order valence-corrected chi connectivity index (χ0v) is 25.7. The summed E-state index contributed by atoms with van der Waals surface area (Å²) in [6.07, 6.45) is -0.0515. The van der Waals surface area contributed by atoms with E-state index < -0.39 is 41.5 Å². The summed E-state index contributed by atoms with van der Waals surface area (Å²) in [6, 6.07) is 5.27. The van der Waals surface area contributed by atoms with E-state index in [0.29, 0.717) is 63.8 Å². The van der Waals surface area contributed by atoms with Gasteiger partial charge in [-0.1, -0.05) is 0 Å². The lowest BCUT2D eigenvalue weighted by molar-refractivity contribution is -0.226. The van der Waals surface area contributed by atoms with Gasteiger partial charge in [-0.15, -0.1) is 0 Å². The first-order chi connectivity index (χ1) is 20.4. The molecule has 2 aromatic carbocycles. The van der Waals surface area contributed by atoms with Gasteiger partial charge in [-0.3, -0.25) is 4.79 Å². The van der Waals surface area contributed by atoms with Crippen LogP contribution in [-0.2, 0) is 11.2 Å². The van der Waals surface area contributed by atoms with Crippen molar-refractivity contribution in [2.24, 2.45) is 16.9 Å². The van der Waals surface area contributed by atoms with Crippen LogP contribution in [0.1, 0.15) is 57.8 Å². The first-order valence-electron chi connectivity index (χ1n) is 14.3. The predicted octanol–water partition coefficient (Wildman–Crippen LogP) is 3.44. The van der Waals surface area contributed by atoms with Gasteiger partial charge < -0.3 is 39.1 Å². The fourth-order valence-corrected chi connectivity index (χ4v) is 6.78. The quantitative estimate of drug-likeness (QED) is 0.349. The lowest BCUT2D eigenvalue weighted by Gasteiger charge is -2.48. The molecule has 0 aromatic heterocycles. The van der Waals surface area contributed by atoms with E-state index in [4.69, 9.17) is 23.7 Å². The van der Waals surface area contributed by atoms with Crippen LogP contribution in [0.2, 0.25) is 0 Å². The third-order valence-corrected chi connectivity index (χ3v) is 8.72. The largest absolute Gasteiger partial charge is 0.493 e. The SMILES string of the molecule is COc1cc(-c2c3c(cc4c2OCO4)[C@H](O)C(CO)[C@H](C(=O)NN=C2CC(C)(C)N(O)C(C)(C)C2)C3)cc(OC)c1OC. The summed E-state index contributed by atoms with van der Waals surface area (Å²) in [5, 5.41) is 38.3. The number of aliphatic hydroxyl groups excluding tert-OH is 2. The minimum absolute atomic E-state index is 0.00541. The van der Waals surface area contributed by atoms with Crippen molar-refractivity contribution in [1.82, 2.24) is 10.5 Å². The molecule has 0 bridgehead atoms. The second kappa shape index (κ2) is 11.5.